The summed E-state index contributed by atoms with van der Waals surface area (Å²) >= 11 is 0. The number of para-hydroxylation sites is 1. The molecule has 1 aliphatic carbocycles. The van der Waals surface area contributed by atoms with Gasteiger partial charge in [-0.1, -0.05) is 18.2 Å². The molecule has 0 unspecified atom stereocenters. The van der Waals surface area contributed by atoms with Crippen molar-refractivity contribution in [2.45, 2.75) is 43.5 Å². The topological polar surface area (TPSA) is 59.4 Å². The van der Waals surface area contributed by atoms with Crippen molar-refractivity contribution >= 4 is 26.6 Å². The highest BCUT2D eigenvalue weighted by Crippen LogP contribution is 2.29. The third-order valence-corrected chi connectivity index (χ3v) is 6.76. The van der Waals surface area contributed by atoms with E-state index in [9.17, 15) is 13.2 Å². The monoisotopic (exact) mass is 348 g/mol. The summed E-state index contributed by atoms with van der Waals surface area (Å²) in [6.07, 6.45) is 5.94. The lowest BCUT2D eigenvalue weighted by Crippen LogP contribution is -2.44. The Balaban J connectivity index is 1.66. The first kappa shape index (κ1) is 17.0. The van der Waals surface area contributed by atoms with Crippen LogP contribution in [-0.4, -0.2) is 48.4 Å². The van der Waals surface area contributed by atoms with Crippen molar-refractivity contribution in [2.24, 2.45) is 0 Å². The molecule has 0 spiro atoms. The number of aromatic nitrogens is 1. The maximum absolute atomic E-state index is 12.6. The highest BCUT2D eigenvalue weighted by Gasteiger charge is 2.38. The van der Waals surface area contributed by atoms with E-state index < -0.39 is 15.1 Å². The highest BCUT2D eigenvalue weighted by molar-refractivity contribution is 7.91. The van der Waals surface area contributed by atoms with E-state index in [0.717, 1.165) is 23.7 Å². The highest BCUT2D eigenvalue weighted by atomic mass is 32.2. The van der Waals surface area contributed by atoms with Crippen LogP contribution in [0.5, 0.6) is 0 Å². The molecule has 0 radical (unpaired) electrons. The van der Waals surface area contributed by atoms with Gasteiger partial charge in [0.05, 0.1) is 5.25 Å². The molecule has 24 heavy (non-hydrogen) atoms. The third kappa shape index (κ3) is 3.34. The van der Waals surface area contributed by atoms with Gasteiger partial charge in [0.1, 0.15) is 0 Å². The van der Waals surface area contributed by atoms with Gasteiger partial charge >= 0.3 is 0 Å². The average molecular weight is 348 g/mol. The molecule has 1 heterocycles. The molecule has 5 nitrogen and oxygen atoms in total. The zero-order valence-corrected chi connectivity index (χ0v) is 15.0. The maximum Gasteiger partial charge on any atom is 0.224 e. The second-order valence-corrected chi connectivity index (χ2v) is 8.95. The number of nitrogens with zero attached hydrogens (tertiary/aromatic N) is 2. The molecular weight excluding hydrogens is 324 g/mol. The Bertz CT molecular complexity index is 841. The number of carbonyl (C=O) groups excluding carboxylic acids is 1. The minimum Gasteiger partial charge on any atom is -0.347 e. The Morgan fingerprint density at radius 3 is 2.75 bits per heavy atom. The minimum atomic E-state index is -3.12. The summed E-state index contributed by atoms with van der Waals surface area (Å²) in [5, 5.41) is 0.741. The van der Waals surface area contributed by atoms with Gasteiger partial charge in [0.25, 0.3) is 0 Å². The Hall–Kier alpha value is -1.82. The van der Waals surface area contributed by atoms with Crippen molar-refractivity contribution in [1.29, 1.82) is 0 Å². The lowest BCUT2D eigenvalue weighted by Gasteiger charge is -2.29. The molecule has 1 fully saturated rings. The summed E-state index contributed by atoms with van der Waals surface area (Å²) in [6.45, 7) is 0.604. The fraction of sp³-hybridized carbons (Fsp3) is 0.500. The molecule has 0 N–H and O–H groups in total. The van der Waals surface area contributed by atoms with Crippen LogP contribution in [0.2, 0.25) is 0 Å². The summed E-state index contributed by atoms with van der Waals surface area (Å²) in [7, 11) is -1.38. The van der Waals surface area contributed by atoms with Crippen molar-refractivity contribution in [3.8, 4) is 0 Å². The van der Waals surface area contributed by atoms with Gasteiger partial charge in [-0.05, 0) is 36.8 Å². The zero-order chi connectivity index (χ0) is 17.3. The average Bonchev–Trinajstić information content (AvgIpc) is 3.18. The molecule has 2 aromatic rings. The van der Waals surface area contributed by atoms with Crippen molar-refractivity contribution in [3.63, 3.8) is 0 Å². The fourth-order valence-corrected chi connectivity index (χ4v) is 5.25. The predicted octanol–water partition coefficient (Wildman–Crippen LogP) is 2.46. The molecule has 2 atom stereocenters. The second-order valence-electron chi connectivity index (χ2n) is 6.69. The Labute approximate surface area is 143 Å². The van der Waals surface area contributed by atoms with Gasteiger partial charge in [-0.2, -0.15) is 0 Å². The zero-order valence-electron chi connectivity index (χ0n) is 14.2. The summed E-state index contributed by atoms with van der Waals surface area (Å²) in [5.41, 5.74) is 1.11. The Morgan fingerprint density at radius 2 is 2.00 bits per heavy atom. The maximum atomic E-state index is 12.6. The number of sulfone groups is 1. The molecule has 1 aromatic carbocycles. The van der Waals surface area contributed by atoms with Crippen LogP contribution >= 0.6 is 0 Å². The number of fused-ring (bicyclic) bond motifs is 1. The number of hydrogen-bond acceptors (Lipinski definition) is 3. The molecule has 130 valence electrons. The van der Waals surface area contributed by atoms with Gasteiger partial charge in [-0.3, -0.25) is 4.79 Å². The first-order valence-electron chi connectivity index (χ1n) is 8.36. The molecule has 0 saturated heterocycles. The molecule has 1 amide bonds. The van der Waals surface area contributed by atoms with Gasteiger partial charge in [0.15, 0.2) is 9.84 Å². The Kier molecular flexibility index (Phi) is 4.67. The summed E-state index contributed by atoms with van der Waals surface area (Å²) in [5.74, 6) is 0.00771. The van der Waals surface area contributed by atoms with Crippen LogP contribution in [0.4, 0.5) is 0 Å². The van der Waals surface area contributed by atoms with Crippen LogP contribution in [0.15, 0.2) is 36.5 Å². The summed E-state index contributed by atoms with van der Waals surface area (Å²) in [6, 6.07) is 9.93. The fourth-order valence-electron chi connectivity index (χ4n) is 3.76. The van der Waals surface area contributed by atoms with E-state index in [1.165, 1.54) is 6.26 Å². The number of rotatable bonds is 5. The SMILES string of the molecule is CN(C(=O)CCn1ccc2ccccc21)[C@@H]1CCC[C@H]1S(C)(=O)=O. The van der Waals surface area contributed by atoms with E-state index in [2.05, 4.69) is 10.6 Å². The van der Waals surface area contributed by atoms with Gasteiger partial charge < -0.3 is 9.47 Å². The number of amides is 1. The molecule has 0 bridgehead atoms. The molecular formula is C18H24N2O3S. The second kappa shape index (κ2) is 6.59. The minimum absolute atomic E-state index is 0.00771. The molecule has 1 aliphatic rings. The van der Waals surface area contributed by atoms with Crippen molar-refractivity contribution in [1.82, 2.24) is 9.47 Å². The van der Waals surface area contributed by atoms with Crippen LogP contribution in [0.25, 0.3) is 10.9 Å². The standard InChI is InChI=1S/C18H24N2O3S/c1-19(16-8-5-9-17(16)24(2,22)23)18(21)11-13-20-12-10-14-6-3-4-7-15(14)20/h3-4,6-7,10,12,16-17H,5,8-9,11,13H2,1-2H3/t16-,17-/m1/s1. The number of benzene rings is 1. The summed E-state index contributed by atoms with van der Waals surface area (Å²) in [4.78, 5) is 14.2. The smallest absolute Gasteiger partial charge is 0.224 e. The lowest BCUT2D eigenvalue weighted by molar-refractivity contribution is -0.132. The van der Waals surface area contributed by atoms with Crippen LogP contribution in [0.3, 0.4) is 0 Å². The van der Waals surface area contributed by atoms with E-state index >= 15 is 0 Å². The first-order chi connectivity index (χ1) is 11.4. The van der Waals surface area contributed by atoms with Crippen molar-refractivity contribution in [3.05, 3.63) is 36.5 Å². The van der Waals surface area contributed by atoms with Gasteiger partial charge in [0, 0.05) is 44.0 Å². The molecule has 3 rings (SSSR count). The van der Waals surface area contributed by atoms with Gasteiger partial charge in [0.2, 0.25) is 5.91 Å². The first-order valence-corrected chi connectivity index (χ1v) is 10.3. The third-order valence-electron chi connectivity index (χ3n) is 5.11. The van der Waals surface area contributed by atoms with Crippen LogP contribution in [0, 0.1) is 0 Å². The molecule has 1 saturated carbocycles. The van der Waals surface area contributed by atoms with E-state index in [-0.39, 0.29) is 11.9 Å². The van der Waals surface area contributed by atoms with Gasteiger partial charge in [-0.15, -0.1) is 0 Å². The van der Waals surface area contributed by atoms with Crippen LogP contribution < -0.4 is 0 Å². The van der Waals surface area contributed by atoms with E-state index in [4.69, 9.17) is 0 Å². The largest absolute Gasteiger partial charge is 0.347 e. The molecule has 0 aliphatic heterocycles. The van der Waals surface area contributed by atoms with E-state index in [0.29, 0.717) is 19.4 Å². The van der Waals surface area contributed by atoms with E-state index in [1.54, 1.807) is 11.9 Å². The van der Waals surface area contributed by atoms with Crippen molar-refractivity contribution < 1.29 is 13.2 Å². The number of carbonyl (C=O) groups is 1. The Morgan fingerprint density at radius 1 is 1.25 bits per heavy atom. The normalized spacial score (nSPS) is 21.2. The van der Waals surface area contributed by atoms with Crippen molar-refractivity contribution in [2.75, 3.05) is 13.3 Å². The lowest BCUT2D eigenvalue weighted by atomic mass is 10.2. The quantitative estimate of drug-likeness (QED) is 0.834. The van der Waals surface area contributed by atoms with Crippen LogP contribution in [0.1, 0.15) is 25.7 Å². The predicted molar refractivity (Wildman–Crippen MR) is 95.6 cm³/mol. The van der Waals surface area contributed by atoms with Gasteiger partial charge in [-0.25, -0.2) is 8.42 Å². The molecule has 1 aromatic heterocycles. The van der Waals surface area contributed by atoms with Crippen LogP contribution in [-0.2, 0) is 21.2 Å². The van der Waals surface area contributed by atoms with E-state index in [1.807, 2.05) is 30.5 Å². The number of aryl methyl sites for hydroxylation is 1. The molecule has 6 heteroatoms. The number of hydrogen-bond donors (Lipinski definition) is 0. The summed E-state index contributed by atoms with van der Waals surface area (Å²) < 4.78 is 25.9.